The van der Waals surface area contributed by atoms with Gasteiger partial charge < -0.3 is 14.7 Å². The molecule has 0 aliphatic heterocycles. The third kappa shape index (κ3) is 3.13. The molecule has 3 aromatic heterocycles. The SMILES string of the molecule is COc1cc(-c2ccc(O)nn2)cc2c(N(C)c3ccc(C)nn3)ncnc12. The van der Waals surface area contributed by atoms with E-state index < -0.39 is 0 Å². The van der Waals surface area contributed by atoms with Gasteiger partial charge in [-0.1, -0.05) is 0 Å². The summed E-state index contributed by atoms with van der Waals surface area (Å²) in [6, 6.07) is 10.7. The Morgan fingerprint density at radius 3 is 2.50 bits per heavy atom. The highest BCUT2D eigenvalue weighted by Gasteiger charge is 2.17. The third-order valence-corrected chi connectivity index (χ3v) is 4.29. The molecule has 3 heterocycles. The topological polar surface area (TPSA) is 110 Å². The molecule has 0 fully saturated rings. The second-order valence-electron chi connectivity index (χ2n) is 6.14. The Kier molecular flexibility index (Phi) is 4.40. The first kappa shape index (κ1) is 17.5. The molecule has 0 saturated heterocycles. The number of nitrogens with zero attached hydrogens (tertiary/aromatic N) is 7. The molecule has 9 heteroatoms. The van der Waals surface area contributed by atoms with E-state index in [2.05, 4.69) is 30.4 Å². The zero-order chi connectivity index (χ0) is 19.7. The van der Waals surface area contributed by atoms with Crippen molar-refractivity contribution in [3.8, 4) is 22.9 Å². The van der Waals surface area contributed by atoms with Crippen LogP contribution in [0.3, 0.4) is 0 Å². The quantitative estimate of drug-likeness (QED) is 0.575. The largest absolute Gasteiger partial charge is 0.494 e. The Hall–Kier alpha value is -3.88. The molecule has 0 radical (unpaired) electrons. The molecule has 1 aromatic carbocycles. The van der Waals surface area contributed by atoms with Crippen molar-refractivity contribution in [1.29, 1.82) is 0 Å². The molecule has 9 nitrogen and oxygen atoms in total. The van der Waals surface area contributed by atoms with Gasteiger partial charge in [0.05, 0.1) is 18.5 Å². The standard InChI is InChI=1S/C19H17N7O2/c1-11-4-6-16(24-22-11)26(2)19-13-8-12(14-5-7-17(27)25-23-14)9-15(28-3)18(13)20-10-21-19/h4-10H,1-3H3,(H,25,27). The van der Waals surface area contributed by atoms with Gasteiger partial charge in [0, 0.05) is 24.1 Å². The first-order chi connectivity index (χ1) is 13.6. The summed E-state index contributed by atoms with van der Waals surface area (Å²) in [5.74, 6) is 1.74. The number of ether oxygens (including phenoxy) is 1. The van der Waals surface area contributed by atoms with Gasteiger partial charge >= 0.3 is 0 Å². The van der Waals surface area contributed by atoms with Crippen molar-refractivity contribution in [2.75, 3.05) is 19.1 Å². The van der Waals surface area contributed by atoms with Crippen LogP contribution >= 0.6 is 0 Å². The molecule has 0 unspecified atom stereocenters. The highest BCUT2D eigenvalue weighted by molar-refractivity contribution is 5.97. The van der Waals surface area contributed by atoms with E-state index in [0.717, 1.165) is 16.6 Å². The fourth-order valence-electron chi connectivity index (χ4n) is 2.85. The Morgan fingerprint density at radius 1 is 0.964 bits per heavy atom. The predicted molar refractivity (Wildman–Crippen MR) is 104 cm³/mol. The van der Waals surface area contributed by atoms with Gasteiger partial charge in [-0.2, -0.15) is 5.10 Å². The molecule has 0 aliphatic rings. The minimum absolute atomic E-state index is 0.141. The van der Waals surface area contributed by atoms with Crippen molar-refractivity contribution >= 4 is 22.5 Å². The van der Waals surface area contributed by atoms with E-state index in [1.165, 1.54) is 12.4 Å². The summed E-state index contributed by atoms with van der Waals surface area (Å²) in [5, 5.41) is 26.3. The Bertz CT molecular complexity index is 1130. The molecular weight excluding hydrogens is 358 g/mol. The molecule has 4 rings (SSSR count). The highest BCUT2D eigenvalue weighted by Crippen LogP contribution is 2.35. The van der Waals surface area contributed by atoms with Crippen LogP contribution in [0.5, 0.6) is 11.6 Å². The lowest BCUT2D eigenvalue weighted by molar-refractivity contribution is 0.419. The van der Waals surface area contributed by atoms with E-state index in [1.54, 1.807) is 13.2 Å². The summed E-state index contributed by atoms with van der Waals surface area (Å²) in [6.07, 6.45) is 1.48. The molecule has 0 bridgehead atoms. The summed E-state index contributed by atoms with van der Waals surface area (Å²) in [6.45, 7) is 1.88. The van der Waals surface area contributed by atoms with Crippen LogP contribution in [0, 0.1) is 6.92 Å². The molecule has 0 atom stereocenters. The van der Waals surface area contributed by atoms with Crippen molar-refractivity contribution in [1.82, 2.24) is 30.4 Å². The monoisotopic (exact) mass is 375 g/mol. The average Bonchev–Trinajstić information content (AvgIpc) is 2.73. The van der Waals surface area contributed by atoms with E-state index in [-0.39, 0.29) is 5.88 Å². The number of aromatic nitrogens is 6. The lowest BCUT2D eigenvalue weighted by Crippen LogP contribution is -2.14. The number of hydrogen-bond acceptors (Lipinski definition) is 9. The zero-order valence-corrected chi connectivity index (χ0v) is 15.5. The molecule has 4 aromatic rings. The zero-order valence-electron chi connectivity index (χ0n) is 15.5. The molecule has 0 spiro atoms. The lowest BCUT2D eigenvalue weighted by atomic mass is 10.1. The van der Waals surface area contributed by atoms with Gasteiger partial charge in [0.15, 0.2) is 5.82 Å². The van der Waals surface area contributed by atoms with Crippen LogP contribution in [-0.2, 0) is 0 Å². The molecule has 0 amide bonds. The molecule has 1 N–H and O–H groups in total. The van der Waals surface area contributed by atoms with Gasteiger partial charge in [-0.3, -0.25) is 0 Å². The number of rotatable bonds is 4. The van der Waals surface area contributed by atoms with Gasteiger partial charge in [0.1, 0.15) is 23.4 Å². The van der Waals surface area contributed by atoms with Crippen LogP contribution in [-0.4, -0.2) is 49.6 Å². The number of aryl methyl sites for hydroxylation is 1. The van der Waals surface area contributed by atoms with Crippen molar-refractivity contribution in [2.45, 2.75) is 6.92 Å². The van der Waals surface area contributed by atoms with Crippen LogP contribution in [0.4, 0.5) is 11.6 Å². The van der Waals surface area contributed by atoms with Crippen molar-refractivity contribution in [3.63, 3.8) is 0 Å². The van der Waals surface area contributed by atoms with Crippen molar-refractivity contribution in [2.24, 2.45) is 0 Å². The average molecular weight is 375 g/mol. The number of methoxy groups -OCH3 is 1. The Morgan fingerprint density at radius 2 is 1.82 bits per heavy atom. The molecular formula is C19H17N7O2. The lowest BCUT2D eigenvalue weighted by Gasteiger charge is -2.19. The number of anilines is 2. The summed E-state index contributed by atoms with van der Waals surface area (Å²) >= 11 is 0. The van der Waals surface area contributed by atoms with Gasteiger partial charge in [0.2, 0.25) is 5.88 Å². The smallest absolute Gasteiger partial charge is 0.230 e. The van der Waals surface area contributed by atoms with Gasteiger partial charge in [-0.25, -0.2) is 9.97 Å². The van der Waals surface area contributed by atoms with Crippen LogP contribution in [0.1, 0.15) is 5.69 Å². The third-order valence-electron chi connectivity index (χ3n) is 4.29. The fourth-order valence-corrected chi connectivity index (χ4v) is 2.85. The maximum absolute atomic E-state index is 9.40. The van der Waals surface area contributed by atoms with E-state index in [0.29, 0.717) is 28.6 Å². The van der Waals surface area contributed by atoms with Gasteiger partial charge in [0.25, 0.3) is 0 Å². The van der Waals surface area contributed by atoms with Crippen LogP contribution in [0.2, 0.25) is 0 Å². The fraction of sp³-hybridized carbons (Fsp3) is 0.158. The van der Waals surface area contributed by atoms with E-state index in [1.807, 2.05) is 43.1 Å². The summed E-state index contributed by atoms with van der Waals surface area (Å²) in [4.78, 5) is 10.7. The highest BCUT2D eigenvalue weighted by atomic mass is 16.5. The second kappa shape index (κ2) is 7.03. The van der Waals surface area contributed by atoms with Crippen LogP contribution in [0.25, 0.3) is 22.2 Å². The van der Waals surface area contributed by atoms with Crippen LogP contribution in [0.15, 0.2) is 42.7 Å². The Balaban J connectivity index is 1.90. The minimum Gasteiger partial charge on any atom is -0.494 e. The van der Waals surface area contributed by atoms with Gasteiger partial charge in [-0.15, -0.1) is 15.3 Å². The van der Waals surface area contributed by atoms with E-state index in [9.17, 15) is 5.11 Å². The summed E-state index contributed by atoms with van der Waals surface area (Å²) in [5.41, 5.74) is 2.84. The van der Waals surface area contributed by atoms with Gasteiger partial charge in [-0.05, 0) is 37.3 Å². The number of hydrogen-bond donors (Lipinski definition) is 1. The molecule has 28 heavy (non-hydrogen) atoms. The maximum Gasteiger partial charge on any atom is 0.230 e. The number of fused-ring (bicyclic) bond motifs is 1. The summed E-state index contributed by atoms with van der Waals surface area (Å²) in [7, 11) is 3.44. The predicted octanol–water partition coefficient (Wildman–Crippen LogP) is 2.67. The maximum atomic E-state index is 9.40. The summed E-state index contributed by atoms with van der Waals surface area (Å²) < 4.78 is 5.54. The minimum atomic E-state index is -0.141. The first-order valence-corrected chi connectivity index (χ1v) is 8.46. The van der Waals surface area contributed by atoms with Crippen molar-refractivity contribution < 1.29 is 9.84 Å². The second-order valence-corrected chi connectivity index (χ2v) is 6.14. The van der Waals surface area contributed by atoms with E-state index >= 15 is 0 Å². The Labute approximate surface area is 160 Å². The van der Waals surface area contributed by atoms with Crippen molar-refractivity contribution in [3.05, 3.63) is 48.4 Å². The molecule has 0 saturated carbocycles. The number of aromatic hydroxyl groups is 1. The molecule has 0 aliphatic carbocycles. The van der Waals surface area contributed by atoms with E-state index in [4.69, 9.17) is 4.74 Å². The molecule has 140 valence electrons. The van der Waals surface area contributed by atoms with Crippen LogP contribution < -0.4 is 9.64 Å². The number of benzene rings is 1. The first-order valence-electron chi connectivity index (χ1n) is 8.46. The normalized spacial score (nSPS) is 10.8.